The Morgan fingerprint density at radius 1 is 1.24 bits per heavy atom. The van der Waals surface area contributed by atoms with Crippen LogP contribution in [-0.2, 0) is 12.8 Å². The maximum absolute atomic E-state index is 13.2. The van der Waals surface area contributed by atoms with Crippen molar-refractivity contribution in [3.05, 3.63) is 47.0 Å². The van der Waals surface area contributed by atoms with Crippen molar-refractivity contribution in [2.45, 2.75) is 39.7 Å². The molecule has 0 amide bonds. The van der Waals surface area contributed by atoms with E-state index in [1.165, 1.54) is 6.07 Å². The van der Waals surface area contributed by atoms with Crippen molar-refractivity contribution in [3.8, 4) is 0 Å². The number of aryl methyl sites for hydroxylation is 2. The molecule has 1 heterocycles. The molecule has 1 atom stereocenters. The number of hydrogen-bond donors (Lipinski definition) is 0. The molecule has 0 radical (unpaired) electrons. The van der Waals surface area contributed by atoms with Crippen LogP contribution in [0.4, 0.5) is 8.78 Å². The van der Waals surface area contributed by atoms with E-state index in [2.05, 4.69) is 10.1 Å². The third-order valence-corrected chi connectivity index (χ3v) is 3.33. The van der Waals surface area contributed by atoms with Gasteiger partial charge in [0.2, 0.25) is 0 Å². The normalized spacial score (nSPS) is 12.4. The Hall–Kier alpha value is -2.11. The number of nitrogens with zero attached hydrogens (tertiary/aromatic N) is 3. The molecular weight excluding hydrogens is 276 g/mol. The van der Waals surface area contributed by atoms with Crippen LogP contribution >= 0.6 is 0 Å². The SMILES string of the molecule is CCc1nc(CC)n(C(C)C(=O)c2ccc(F)c(F)c2)n1. The van der Waals surface area contributed by atoms with Gasteiger partial charge in [-0.05, 0) is 25.1 Å². The van der Waals surface area contributed by atoms with Crippen molar-refractivity contribution >= 4 is 5.78 Å². The first-order valence-electron chi connectivity index (χ1n) is 6.91. The quantitative estimate of drug-likeness (QED) is 0.796. The van der Waals surface area contributed by atoms with Crippen LogP contribution in [-0.4, -0.2) is 20.5 Å². The summed E-state index contributed by atoms with van der Waals surface area (Å²) in [5.41, 5.74) is 0.122. The van der Waals surface area contributed by atoms with Crippen LogP contribution in [0.1, 0.15) is 48.8 Å². The molecule has 0 aliphatic heterocycles. The van der Waals surface area contributed by atoms with E-state index in [1.807, 2.05) is 13.8 Å². The zero-order valence-corrected chi connectivity index (χ0v) is 12.2. The minimum Gasteiger partial charge on any atom is -0.292 e. The lowest BCUT2D eigenvalue weighted by Crippen LogP contribution is -2.20. The fraction of sp³-hybridized carbons (Fsp3) is 0.400. The second kappa shape index (κ2) is 6.11. The van der Waals surface area contributed by atoms with E-state index in [1.54, 1.807) is 11.6 Å². The molecule has 1 aromatic carbocycles. The van der Waals surface area contributed by atoms with E-state index in [4.69, 9.17) is 0 Å². The zero-order valence-electron chi connectivity index (χ0n) is 12.2. The first-order chi connectivity index (χ1) is 9.97. The minimum absolute atomic E-state index is 0.122. The van der Waals surface area contributed by atoms with Gasteiger partial charge in [-0.2, -0.15) is 5.10 Å². The summed E-state index contributed by atoms with van der Waals surface area (Å²) in [7, 11) is 0. The van der Waals surface area contributed by atoms with Gasteiger partial charge in [-0.1, -0.05) is 13.8 Å². The zero-order chi connectivity index (χ0) is 15.6. The van der Waals surface area contributed by atoms with Gasteiger partial charge < -0.3 is 0 Å². The molecule has 4 nitrogen and oxygen atoms in total. The Labute approximate surface area is 121 Å². The van der Waals surface area contributed by atoms with Gasteiger partial charge in [0.15, 0.2) is 23.2 Å². The summed E-state index contributed by atoms with van der Waals surface area (Å²) in [4.78, 5) is 16.7. The number of benzene rings is 1. The second-order valence-corrected chi connectivity index (χ2v) is 4.77. The van der Waals surface area contributed by atoms with Gasteiger partial charge in [0.1, 0.15) is 11.9 Å². The fourth-order valence-electron chi connectivity index (χ4n) is 2.11. The van der Waals surface area contributed by atoms with E-state index in [0.29, 0.717) is 24.5 Å². The van der Waals surface area contributed by atoms with Gasteiger partial charge in [0.25, 0.3) is 0 Å². The van der Waals surface area contributed by atoms with Gasteiger partial charge in [-0.15, -0.1) is 0 Å². The third-order valence-electron chi connectivity index (χ3n) is 3.33. The van der Waals surface area contributed by atoms with E-state index < -0.39 is 17.7 Å². The van der Waals surface area contributed by atoms with Crippen molar-refractivity contribution in [2.75, 3.05) is 0 Å². The molecule has 0 fully saturated rings. The molecule has 6 heteroatoms. The van der Waals surface area contributed by atoms with E-state index in [-0.39, 0.29) is 11.3 Å². The van der Waals surface area contributed by atoms with Gasteiger partial charge in [0.05, 0.1) is 0 Å². The highest BCUT2D eigenvalue weighted by Gasteiger charge is 2.22. The summed E-state index contributed by atoms with van der Waals surface area (Å²) in [6.07, 6.45) is 1.31. The minimum atomic E-state index is -1.03. The highest BCUT2D eigenvalue weighted by Crippen LogP contribution is 2.18. The Bertz CT molecular complexity index is 667. The molecule has 2 rings (SSSR count). The lowest BCUT2D eigenvalue weighted by atomic mass is 10.1. The number of ketones is 1. The number of Topliss-reactive ketones (excluding diaryl/α,β-unsaturated/α-hetero) is 1. The number of carbonyl (C=O) groups excluding carboxylic acids is 1. The molecule has 112 valence electrons. The summed E-state index contributed by atoms with van der Waals surface area (Å²) in [5, 5.41) is 4.30. The second-order valence-electron chi connectivity index (χ2n) is 4.77. The highest BCUT2D eigenvalue weighted by atomic mass is 19.2. The Kier molecular flexibility index (Phi) is 4.45. The Balaban J connectivity index is 2.34. The topological polar surface area (TPSA) is 47.8 Å². The maximum atomic E-state index is 13.2. The van der Waals surface area contributed by atoms with E-state index in [0.717, 1.165) is 12.1 Å². The third kappa shape index (κ3) is 2.99. The lowest BCUT2D eigenvalue weighted by molar-refractivity contribution is 0.0925. The van der Waals surface area contributed by atoms with Crippen molar-refractivity contribution in [1.82, 2.24) is 14.8 Å². The number of hydrogen-bond acceptors (Lipinski definition) is 3. The van der Waals surface area contributed by atoms with Crippen molar-refractivity contribution in [2.24, 2.45) is 0 Å². The summed E-state index contributed by atoms with van der Waals surface area (Å²) < 4.78 is 27.7. The number of rotatable bonds is 5. The molecule has 0 bridgehead atoms. The molecule has 0 N–H and O–H groups in total. The summed E-state index contributed by atoms with van der Waals surface area (Å²) >= 11 is 0. The summed E-state index contributed by atoms with van der Waals surface area (Å²) in [6.45, 7) is 5.53. The van der Waals surface area contributed by atoms with Crippen LogP contribution in [0.2, 0.25) is 0 Å². The van der Waals surface area contributed by atoms with Crippen LogP contribution in [0.25, 0.3) is 0 Å². The molecule has 21 heavy (non-hydrogen) atoms. The average Bonchev–Trinajstić information content (AvgIpc) is 2.92. The van der Waals surface area contributed by atoms with Gasteiger partial charge in [-0.25, -0.2) is 18.4 Å². The molecule has 0 aliphatic carbocycles. The van der Waals surface area contributed by atoms with Crippen LogP contribution < -0.4 is 0 Å². The number of carbonyl (C=O) groups is 1. The molecule has 0 spiro atoms. The predicted molar refractivity (Wildman–Crippen MR) is 74.2 cm³/mol. The Morgan fingerprint density at radius 3 is 2.52 bits per heavy atom. The molecule has 0 saturated heterocycles. The summed E-state index contributed by atoms with van der Waals surface area (Å²) in [6, 6.07) is 2.53. The highest BCUT2D eigenvalue weighted by molar-refractivity contribution is 5.98. The largest absolute Gasteiger partial charge is 0.292 e. The van der Waals surface area contributed by atoms with Crippen LogP contribution in [0.3, 0.4) is 0 Å². The standard InChI is InChI=1S/C15H17F2N3O/c1-4-13-18-14(5-2)20(19-13)9(3)15(21)10-6-7-11(16)12(17)8-10/h6-9H,4-5H2,1-3H3. The van der Waals surface area contributed by atoms with Gasteiger partial charge >= 0.3 is 0 Å². The van der Waals surface area contributed by atoms with Crippen LogP contribution in [0.5, 0.6) is 0 Å². The molecule has 1 aromatic heterocycles. The smallest absolute Gasteiger partial charge is 0.187 e. The molecule has 0 saturated carbocycles. The first kappa shape index (κ1) is 15.3. The fourth-order valence-corrected chi connectivity index (χ4v) is 2.11. The molecule has 1 unspecified atom stereocenters. The predicted octanol–water partition coefficient (Wildman–Crippen LogP) is 3.13. The lowest BCUT2D eigenvalue weighted by Gasteiger charge is -2.13. The maximum Gasteiger partial charge on any atom is 0.187 e. The monoisotopic (exact) mass is 293 g/mol. The van der Waals surface area contributed by atoms with E-state index in [9.17, 15) is 13.6 Å². The first-order valence-corrected chi connectivity index (χ1v) is 6.91. The Morgan fingerprint density at radius 2 is 1.95 bits per heavy atom. The number of aromatic nitrogens is 3. The molecular formula is C15H17F2N3O. The van der Waals surface area contributed by atoms with Crippen molar-refractivity contribution < 1.29 is 13.6 Å². The van der Waals surface area contributed by atoms with Gasteiger partial charge in [0, 0.05) is 18.4 Å². The van der Waals surface area contributed by atoms with E-state index >= 15 is 0 Å². The van der Waals surface area contributed by atoms with Crippen LogP contribution in [0.15, 0.2) is 18.2 Å². The van der Waals surface area contributed by atoms with Crippen LogP contribution in [0, 0.1) is 11.6 Å². The molecule has 2 aromatic rings. The van der Waals surface area contributed by atoms with Crippen molar-refractivity contribution in [3.63, 3.8) is 0 Å². The van der Waals surface area contributed by atoms with Crippen molar-refractivity contribution in [1.29, 1.82) is 0 Å². The summed E-state index contributed by atoms with van der Waals surface area (Å²) in [5.74, 6) is -0.956. The number of halogens is 2. The van der Waals surface area contributed by atoms with Gasteiger partial charge in [-0.3, -0.25) is 4.79 Å². The average molecular weight is 293 g/mol. The molecule has 0 aliphatic rings.